The Labute approximate surface area is 234 Å². The summed E-state index contributed by atoms with van der Waals surface area (Å²) in [7, 11) is 0. The van der Waals surface area contributed by atoms with Crippen LogP contribution < -0.4 is 14.8 Å². The van der Waals surface area contributed by atoms with E-state index >= 15 is 0 Å². The number of carbonyl (C=O) groups excluding carboxylic acids is 2. The molecule has 1 heterocycles. The second-order valence-corrected chi connectivity index (χ2v) is 12.8. The minimum Gasteiger partial charge on any atom is -0.490 e. The first kappa shape index (κ1) is 27.4. The van der Waals surface area contributed by atoms with Crippen LogP contribution in [0.3, 0.4) is 0 Å². The number of hydrogen-bond donors (Lipinski definition) is 1. The van der Waals surface area contributed by atoms with Crippen molar-refractivity contribution in [3.05, 3.63) is 80.9 Å². The fraction of sp³-hybridized carbons (Fsp3) is 0.438. The molecule has 0 aromatic heterocycles. The monoisotopic (exact) mass is 551 g/mol. The summed E-state index contributed by atoms with van der Waals surface area (Å²) in [6.45, 7) is 10.7. The molecule has 2 aromatic rings. The Hall–Kier alpha value is -3.12. The summed E-state index contributed by atoms with van der Waals surface area (Å²) in [5.74, 6) is -0.0193. The van der Waals surface area contributed by atoms with Gasteiger partial charge < -0.3 is 14.8 Å². The first-order valence-electron chi connectivity index (χ1n) is 13.5. The third-order valence-corrected chi connectivity index (χ3v) is 7.94. The number of carbonyl (C=O) groups is 2. The van der Waals surface area contributed by atoms with Gasteiger partial charge in [-0.25, -0.2) is 4.39 Å². The van der Waals surface area contributed by atoms with Crippen LogP contribution in [0.2, 0.25) is 5.02 Å². The van der Waals surface area contributed by atoms with E-state index in [2.05, 4.69) is 33.0 Å². The summed E-state index contributed by atoms with van der Waals surface area (Å²) in [6, 6.07) is 9.79. The minimum absolute atomic E-state index is 0.0449. The van der Waals surface area contributed by atoms with E-state index in [1.54, 1.807) is 18.2 Å². The topological polar surface area (TPSA) is 64.6 Å². The number of rotatable bonds is 6. The van der Waals surface area contributed by atoms with Crippen LogP contribution in [-0.2, 0) is 16.2 Å². The zero-order valence-electron chi connectivity index (χ0n) is 23.2. The highest BCUT2D eigenvalue weighted by Crippen LogP contribution is 2.52. The molecule has 0 bridgehead atoms. The van der Waals surface area contributed by atoms with E-state index in [0.29, 0.717) is 52.7 Å². The average molecular weight is 552 g/mol. The van der Waals surface area contributed by atoms with E-state index in [1.807, 2.05) is 13.0 Å². The van der Waals surface area contributed by atoms with Gasteiger partial charge in [-0.15, -0.1) is 0 Å². The molecule has 5 nitrogen and oxygen atoms in total. The van der Waals surface area contributed by atoms with Crippen LogP contribution in [0.1, 0.15) is 77.3 Å². The molecular formula is C32H35ClFNO4. The van der Waals surface area contributed by atoms with Gasteiger partial charge in [0.05, 0.1) is 11.6 Å². The van der Waals surface area contributed by atoms with Crippen molar-refractivity contribution in [1.82, 2.24) is 5.32 Å². The molecule has 7 heteroatoms. The molecule has 2 aliphatic carbocycles. The smallest absolute Gasteiger partial charge is 0.180 e. The molecule has 206 valence electrons. The number of dihydropyridines is 1. The maximum absolute atomic E-state index is 13.7. The van der Waals surface area contributed by atoms with Gasteiger partial charge in [-0.2, -0.15) is 0 Å². The lowest BCUT2D eigenvalue weighted by Crippen LogP contribution is -2.42. The van der Waals surface area contributed by atoms with Gasteiger partial charge in [0.15, 0.2) is 23.1 Å². The lowest BCUT2D eigenvalue weighted by Gasteiger charge is -2.44. The number of allylic oxidation sites excluding steroid dienone is 4. The molecule has 1 N–H and O–H groups in total. The summed E-state index contributed by atoms with van der Waals surface area (Å²) in [6.07, 6.45) is 2.26. The molecule has 0 radical (unpaired) electrons. The van der Waals surface area contributed by atoms with Crippen molar-refractivity contribution >= 4 is 23.2 Å². The fourth-order valence-corrected chi connectivity index (χ4v) is 6.44. The van der Waals surface area contributed by atoms with E-state index in [9.17, 15) is 14.0 Å². The SMILES string of the molecule is CCOc1cc(C2C3=C(CC(C)(C)CC3=O)NC3=C2C(=O)CC(C)(C)C3)cc(Cl)c1OCc1cccc(F)c1. The first-order valence-corrected chi connectivity index (χ1v) is 13.9. The van der Waals surface area contributed by atoms with Crippen molar-refractivity contribution in [3.63, 3.8) is 0 Å². The molecule has 5 rings (SSSR count). The summed E-state index contributed by atoms with van der Waals surface area (Å²) in [5, 5.41) is 3.84. The van der Waals surface area contributed by atoms with E-state index in [0.717, 1.165) is 29.8 Å². The number of halogens is 2. The summed E-state index contributed by atoms with van der Waals surface area (Å²) < 4.78 is 25.7. The molecule has 0 unspecified atom stereocenters. The molecule has 0 spiro atoms. The molecule has 3 aliphatic rings. The van der Waals surface area contributed by atoms with Crippen LogP contribution in [-0.4, -0.2) is 18.2 Å². The Morgan fingerprint density at radius 2 is 1.54 bits per heavy atom. The maximum Gasteiger partial charge on any atom is 0.180 e. The Morgan fingerprint density at radius 1 is 0.923 bits per heavy atom. The van der Waals surface area contributed by atoms with Crippen LogP contribution in [0.5, 0.6) is 11.5 Å². The largest absolute Gasteiger partial charge is 0.490 e. The molecule has 0 saturated carbocycles. The molecule has 0 fully saturated rings. The van der Waals surface area contributed by atoms with Gasteiger partial charge in [0.2, 0.25) is 0 Å². The number of ketones is 2. The van der Waals surface area contributed by atoms with Crippen LogP contribution in [0.15, 0.2) is 58.9 Å². The van der Waals surface area contributed by atoms with Crippen molar-refractivity contribution < 1.29 is 23.5 Å². The average Bonchev–Trinajstić information content (AvgIpc) is 2.80. The first-order chi connectivity index (χ1) is 18.4. The van der Waals surface area contributed by atoms with Crippen molar-refractivity contribution in [3.8, 4) is 11.5 Å². The molecule has 0 amide bonds. The van der Waals surface area contributed by atoms with Gasteiger partial charge in [-0.1, -0.05) is 51.4 Å². The Bertz CT molecular complexity index is 1370. The number of nitrogens with one attached hydrogen (secondary N) is 1. The van der Waals surface area contributed by atoms with Gasteiger partial charge in [0.1, 0.15) is 12.4 Å². The van der Waals surface area contributed by atoms with Crippen molar-refractivity contribution in [1.29, 1.82) is 0 Å². The summed E-state index contributed by atoms with van der Waals surface area (Å²) in [5.41, 5.74) is 4.11. The van der Waals surface area contributed by atoms with Crippen LogP contribution in [0.25, 0.3) is 0 Å². The molecule has 1 aliphatic heterocycles. The second-order valence-electron chi connectivity index (χ2n) is 12.4. The van der Waals surface area contributed by atoms with Crippen LogP contribution >= 0.6 is 11.6 Å². The number of ether oxygens (including phenoxy) is 2. The zero-order chi connectivity index (χ0) is 28.1. The van der Waals surface area contributed by atoms with Gasteiger partial charge >= 0.3 is 0 Å². The fourth-order valence-electron chi connectivity index (χ4n) is 6.16. The Morgan fingerprint density at radius 3 is 2.10 bits per heavy atom. The highest BCUT2D eigenvalue weighted by atomic mass is 35.5. The normalized spacial score (nSPS) is 20.4. The van der Waals surface area contributed by atoms with Gasteiger partial charge in [0.25, 0.3) is 0 Å². The number of benzene rings is 2. The van der Waals surface area contributed by atoms with Crippen molar-refractivity contribution in [2.45, 2.75) is 72.8 Å². The third-order valence-electron chi connectivity index (χ3n) is 7.66. The lowest BCUT2D eigenvalue weighted by molar-refractivity contribution is -0.119. The Balaban J connectivity index is 1.61. The summed E-state index contributed by atoms with van der Waals surface area (Å²) >= 11 is 6.80. The Kier molecular flexibility index (Phi) is 7.13. The van der Waals surface area contributed by atoms with E-state index in [1.165, 1.54) is 12.1 Å². The standard InChI is InChI=1S/C32H35ClFNO4/c1-6-38-26-12-19(11-21(33)30(26)39-17-18-8-7-9-20(34)10-18)27-28-22(13-31(2,3)15-24(28)36)35-23-14-32(4,5)16-25(37)29(23)27/h7-12,27,35H,6,13-17H2,1-5H3. The van der Waals surface area contributed by atoms with E-state index in [-0.39, 0.29) is 34.8 Å². The lowest BCUT2D eigenvalue weighted by atomic mass is 9.64. The predicted octanol–water partition coefficient (Wildman–Crippen LogP) is 7.43. The van der Waals surface area contributed by atoms with Gasteiger partial charge in [-0.05, 0) is 66.0 Å². The van der Waals surface area contributed by atoms with Crippen molar-refractivity contribution in [2.24, 2.45) is 10.8 Å². The molecular weight excluding hydrogens is 517 g/mol. The molecule has 0 atom stereocenters. The van der Waals surface area contributed by atoms with Gasteiger partial charge in [0, 0.05) is 41.3 Å². The van der Waals surface area contributed by atoms with Crippen molar-refractivity contribution in [2.75, 3.05) is 6.61 Å². The number of Topliss-reactive ketones (excluding diaryl/α,β-unsaturated/α-hetero) is 2. The number of hydrogen-bond acceptors (Lipinski definition) is 5. The van der Waals surface area contributed by atoms with Gasteiger partial charge in [-0.3, -0.25) is 9.59 Å². The maximum atomic E-state index is 13.7. The predicted molar refractivity (Wildman–Crippen MR) is 149 cm³/mol. The highest BCUT2D eigenvalue weighted by Gasteiger charge is 2.46. The molecule has 0 saturated heterocycles. The van der Waals surface area contributed by atoms with Crippen LogP contribution in [0, 0.1) is 16.6 Å². The minimum atomic E-state index is -0.530. The zero-order valence-corrected chi connectivity index (χ0v) is 23.9. The molecule has 2 aromatic carbocycles. The second kappa shape index (κ2) is 10.1. The molecule has 39 heavy (non-hydrogen) atoms. The summed E-state index contributed by atoms with van der Waals surface area (Å²) in [4.78, 5) is 27.3. The van der Waals surface area contributed by atoms with Crippen LogP contribution in [0.4, 0.5) is 4.39 Å². The van der Waals surface area contributed by atoms with E-state index in [4.69, 9.17) is 21.1 Å². The van der Waals surface area contributed by atoms with E-state index < -0.39 is 5.92 Å². The third kappa shape index (κ3) is 5.49. The highest BCUT2D eigenvalue weighted by molar-refractivity contribution is 6.32. The quantitative estimate of drug-likeness (QED) is 0.404.